The first kappa shape index (κ1) is 11.8. The molecule has 0 aromatic heterocycles. The first-order valence-corrected chi connectivity index (χ1v) is 5.36. The summed E-state index contributed by atoms with van der Waals surface area (Å²) < 4.78 is 0. The molecule has 0 radical (unpaired) electrons. The highest BCUT2D eigenvalue weighted by Gasteiger charge is 2.37. The van der Waals surface area contributed by atoms with Gasteiger partial charge in [-0.25, -0.2) is 4.79 Å². The lowest BCUT2D eigenvalue weighted by molar-refractivity contribution is -0.143. The van der Waals surface area contributed by atoms with Gasteiger partial charge >= 0.3 is 12.0 Å². The summed E-state index contributed by atoms with van der Waals surface area (Å²) in [6.07, 6.45) is 2.45. The minimum atomic E-state index is -0.829. The number of rotatable bonds is 5. The zero-order valence-electron chi connectivity index (χ0n) is 9.12. The van der Waals surface area contributed by atoms with Crippen LogP contribution in [0.25, 0.3) is 0 Å². The summed E-state index contributed by atoms with van der Waals surface area (Å²) in [7, 11) is 0. The highest BCUT2D eigenvalue weighted by molar-refractivity contribution is 5.80. The Hall–Kier alpha value is -1.26. The van der Waals surface area contributed by atoms with Crippen LogP contribution in [-0.4, -0.2) is 29.2 Å². The first-order valence-electron chi connectivity index (χ1n) is 5.36. The number of hydrogen-bond donors (Lipinski definition) is 3. The molecule has 2 amide bonds. The molecule has 1 fully saturated rings. The van der Waals surface area contributed by atoms with Gasteiger partial charge in [0.2, 0.25) is 0 Å². The molecule has 1 heterocycles. The zero-order chi connectivity index (χ0) is 11.4. The largest absolute Gasteiger partial charge is 0.481 e. The van der Waals surface area contributed by atoms with Gasteiger partial charge in [0.15, 0.2) is 0 Å². The normalized spacial score (nSPS) is 26.9. The lowest BCUT2D eigenvalue weighted by Crippen LogP contribution is -2.42. The van der Waals surface area contributed by atoms with Crippen LogP contribution >= 0.6 is 0 Å². The maximum Gasteiger partial charge on any atom is 0.315 e. The van der Waals surface area contributed by atoms with Crippen LogP contribution < -0.4 is 10.6 Å². The minimum Gasteiger partial charge on any atom is -0.481 e. The molecule has 0 aliphatic carbocycles. The Bertz CT molecular complexity index is 255. The third-order valence-corrected chi connectivity index (χ3v) is 2.81. The molecule has 5 heteroatoms. The van der Waals surface area contributed by atoms with Gasteiger partial charge in [-0.1, -0.05) is 19.8 Å². The number of nitrogens with one attached hydrogen (secondary N) is 2. The molecule has 3 atom stereocenters. The van der Waals surface area contributed by atoms with Gasteiger partial charge in [-0.05, 0) is 13.3 Å². The van der Waals surface area contributed by atoms with Crippen LogP contribution in [0.4, 0.5) is 4.79 Å². The van der Waals surface area contributed by atoms with Gasteiger partial charge in [0.25, 0.3) is 0 Å². The number of hydrogen-bond acceptors (Lipinski definition) is 2. The van der Waals surface area contributed by atoms with E-state index in [1.807, 2.05) is 13.8 Å². The zero-order valence-corrected chi connectivity index (χ0v) is 9.12. The molecule has 1 saturated heterocycles. The van der Waals surface area contributed by atoms with Crippen LogP contribution in [0, 0.1) is 5.92 Å². The Morgan fingerprint density at radius 3 is 2.60 bits per heavy atom. The second-order valence-corrected chi connectivity index (χ2v) is 4.02. The van der Waals surface area contributed by atoms with Gasteiger partial charge in [-0.3, -0.25) is 4.79 Å². The molecule has 0 aromatic carbocycles. The summed E-state index contributed by atoms with van der Waals surface area (Å²) in [5, 5.41) is 14.4. The Kier molecular flexibility index (Phi) is 3.94. The van der Waals surface area contributed by atoms with E-state index in [4.69, 9.17) is 5.11 Å². The second-order valence-electron chi connectivity index (χ2n) is 4.02. The van der Waals surface area contributed by atoms with Gasteiger partial charge in [-0.2, -0.15) is 0 Å². The van der Waals surface area contributed by atoms with E-state index < -0.39 is 11.9 Å². The number of carboxylic acids is 1. The summed E-state index contributed by atoms with van der Waals surface area (Å²) in [6, 6.07) is -0.674. The molecule has 0 bridgehead atoms. The fourth-order valence-corrected chi connectivity index (χ4v) is 1.94. The molecule has 3 N–H and O–H groups in total. The summed E-state index contributed by atoms with van der Waals surface area (Å²) >= 11 is 0. The van der Waals surface area contributed by atoms with E-state index in [9.17, 15) is 9.59 Å². The quantitative estimate of drug-likeness (QED) is 0.637. The standard InChI is InChI=1S/C10H18N2O3/c1-3-4-5-7(9(13)14)8-6(2)11-10(15)12-8/h6-8H,3-5H2,1-2H3,(H,13,14)(H2,11,12,15)/t6-,7?,8-/m1/s1. The summed E-state index contributed by atoms with van der Waals surface area (Å²) in [4.78, 5) is 22.1. The Morgan fingerprint density at radius 2 is 2.20 bits per heavy atom. The predicted octanol–water partition coefficient (Wildman–Crippen LogP) is 0.947. The number of urea groups is 1. The maximum absolute atomic E-state index is 11.1. The van der Waals surface area contributed by atoms with Crippen LogP contribution in [0.3, 0.4) is 0 Å². The first-order chi connectivity index (χ1) is 7.06. The Balaban J connectivity index is 2.63. The smallest absolute Gasteiger partial charge is 0.315 e. The SMILES string of the molecule is CCCCC(C(=O)O)[C@@H]1NC(=O)N[C@@H]1C. The number of carboxylic acid groups (broad SMARTS) is 1. The van der Waals surface area contributed by atoms with E-state index in [1.165, 1.54) is 0 Å². The third kappa shape index (κ3) is 2.84. The van der Waals surface area contributed by atoms with Gasteiger partial charge < -0.3 is 15.7 Å². The highest BCUT2D eigenvalue weighted by atomic mass is 16.4. The van der Waals surface area contributed by atoms with E-state index in [2.05, 4.69) is 10.6 Å². The molecule has 1 aliphatic heterocycles. The number of unbranched alkanes of at least 4 members (excludes halogenated alkanes) is 1. The average molecular weight is 214 g/mol. The number of carbonyl (C=O) groups is 2. The van der Waals surface area contributed by atoms with Gasteiger partial charge in [0.05, 0.1) is 12.0 Å². The van der Waals surface area contributed by atoms with Crippen LogP contribution in [0.5, 0.6) is 0 Å². The van der Waals surface area contributed by atoms with Crippen molar-refractivity contribution in [3.8, 4) is 0 Å². The van der Waals surface area contributed by atoms with E-state index in [0.717, 1.165) is 12.8 Å². The van der Waals surface area contributed by atoms with Crippen molar-refractivity contribution in [2.75, 3.05) is 0 Å². The van der Waals surface area contributed by atoms with Crippen molar-refractivity contribution < 1.29 is 14.7 Å². The third-order valence-electron chi connectivity index (χ3n) is 2.81. The lowest BCUT2D eigenvalue weighted by atomic mass is 9.90. The topological polar surface area (TPSA) is 78.4 Å². The van der Waals surface area contributed by atoms with Crippen LogP contribution in [0.1, 0.15) is 33.1 Å². The van der Waals surface area contributed by atoms with Crippen LogP contribution in [0.2, 0.25) is 0 Å². The number of amides is 2. The van der Waals surface area contributed by atoms with E-state index >= 15 is 0 Å². The average Bonchev–Trinajstić information content (AvgIpc) is 2.46. The highest BCUT2D eigenvalue weighted by Crippen LogP contribution is 2.18. The van der Waals surface area contributed by atoms with Crippen molar-refractivity contribution in [1.82, 2.24) is 10.6 Å². The van der Waals surface area contributed by atoms with Crippen molar-refractivity contribution in [3.05, 3.63) is 0 Å². The molecule has 0 saturated carbocycles. The van der Waals surface area contributed by atoms with Crippen molar-refractivity contribution in [1.29, 1.82) is 0 Å². The van der Waals surface area contributed by atoms with Gasteiger partial charge in [0, 0.05) is 6.04 Å². The Labute approximate surface area is 89.2 Å². The second kappa shape index (κ2) is 5.00. The molecule has 15 heavy (non-hydrogen) atoms. The molecule has 1 rings (SSSR count). The van der Waals surface area contributed by atoms with Gasteiger partial charge in [-0.15, -0.1) is 0 Å². The Morgan fingerprint density at radius 1 is 1.53 bits per heavy atom. The molecule has 0 spiro atoms. The molecule has 5 nitrogen and oxygen atoms in total. The maximum atomic E-state index is 11.1. The van der Waals surface area contributed by atoms with E-state index in [1.54, 1.807) is 0 Å². The molecule has 0 aromatic rings. The van der Waals surface area contributed by atoms with Crippen LogP contribution in [0.15, 0.2) is 0 Å². The molecule has 1 unspecified atom stereocenters. The predicted molar refractivity (Wildman–Crippen MR) is 55.6 cm³/mol. The minimum absolute atomic E-state index is 0.115. The molecule has 1 aliphatic rings. The summed E-state index contributed by atoms with van der Waals surface area (Å²) in [5.74, 6) is -1.32. The van der Waals surface area contributed by atoms with E-state index in [-0.39, 0.29) is 18.1 Å². The molecular weight excluding hydrogens is 196 g/mol. The number of carbonyl (C=O) groups excluding carboxylic acids is 1. The van der Waals surface area contributed by atoms with Crippen molar-refractivity contribution in [2.45, 2.75) is 45.2 Å². The van der Waals surface area contributed by atoms with Crippen molar-refractivity contribution in [2.24, 2.45) is 5.92 Å². The van der Waals surface area contributed by atoms with Crippen molar-refractivity contribution in [3.63, 3.8) is 0 Å². The fraction of sp³-hybridized carbons (Fsp3) is 0.800. The monoisotopic (exact) mass is 214 g/mol. The lowest BCUT2D eigenvalue weighted by Gasteiger charge is -2.21. The molecular formula is C10H18N2O3. The van der Waals surface area contributed by atoms with Gasteiger partial charge in [0.1, 0.15) is 0 Å². The summed E-state index contributed by atoms with van der Waals surface area (Å²) in [6.45, 7) is 3.85. The van der Waals surface area contributed by atoms with Crippen molar-refractivity contribution >= 4 is 12.0 Å². The summed E-state index contributed by atoms with van der Waals surface area (Å²) in [5.41, 5.74) is 0. The van der Waals surface area contributed by atoms with Crippen LogP contribution in [-0.2, 0) is 4.79 Å². The van der Waals surface area contributed by atoms with E-state index in [0.29, 0.717) is 6.42 Å². The fourth-order valence-electron chi connectivity index (χ4n) is 1.94. The molecule has 86 valence electrons. The number of aliphatic carboxylic acids is 1.